The number of carbonyl (C=O) groups is 1. The summed E-state index contributed by atoms with van der Waals surface area (Å²) < 4.78 is 76.4. The van der Waals surface area contributed by atoms with Gasteiger partial charge in [0.25, 0.3) is 5.91 Å². The summed E-state index contributed by atoms with van der Waals surface area (Å²) in [5, 5.41) is 2.51. The second-order valence-electron chi connectivity index (χ2n) is 10.6. The number of hydrogen-bond acceptors (Lipinski definition) is 7. The average Bonchev–Trinajstić information content (AvgIpc) is 2.96. The highest BCUT2D eigenvalue weighted by Crippen LogP contribution is 2.38. The van der Waals surface area contributed by atoms with Crippen LogP contribution in [0.15, 0.2) is 42.7 Å². The number of hydrogen-bond donors (Lipinski definition) is 1. The van der Waals surface area contributed by atoms with E-state index in [0.29, 0.717) is 62.7 Å². The lowest BCUT2D eigenvalue weighted by Crippen LogP contribution is -2.55. The van der Waals surface area contributed by atoms with Gasteiger partial charge in [0, 0.05) is 61.8 Å². The van der Waals surface area contributed by atoms with Gasteiger partial charge in [0.1, 0.15) is 17.2 Å². The molecule has 13 heteroatoms. The normalized spacial score (nSPS) is 20.1. The second kappa shape index (κ2) is 11.8. The summed E-state index contributed by atoms with van der Waals surface area (Å²) in [7, 11) is 1.97. The first-order valence-electron chi connectivity index (χ1n) is 13.6. The lowest BCUT2D eigenvalue weighted by atomic mass is 10.0. The molecular formula is C29H31F5N6O2. The van der Waals surface area contributed by atoms with Crippen molar-refractivity contribution < 1.29 is 31.5 Å². The molecule has 2 atom stereocenters. The minimum Gasteiger partial charge on any atom is -0.378 e. The predicted molar refractivity (Wildman–Crippen MR) is 149 cm³/mol. The second-order valence-corrected chi connectivity index (χ2v) is 10.6. The van der Waals surface area contributed by atoms with Gasteiger partial charge in [0.2, 0.25) is 5.95 Å². The van der Waals surface area contributed by atoms with Crippen molar-refractivity contribution in [2.24, 2.45) is 0 Å². The van der Waals surface area contributed by atoms with E-state index in [0.717, 1.165) is 12.1 Å². The van der Waals surface area contributed by atoms with Crippen LogP contribution in [0.3, 0.4) is 0 Å². The maximum absolute atomic E-state index is 15.7. The van der Waals surface area contributed by atoms with Crippen LogP contribution in [-0.4, -0.2) is 79.3 Å². The summed E-state index contributed by atoms with van der Waals surface area (Å²) in [6, 6.07) is 5.34. The fourth-order valence-electron chi connectivity index (χ4n) is 5.32. The number of nitrogens with zero attached hydrogens (tertiary/aromatic N) is 5. The third-order valence-corrected chi connectivity index (χ3v) is 7.82. The van der Waals surface area contributed by atoms with Crippen LogP contribution in [0.5, 0.6) is 0 Å². The van der Waals surface area contributed by atoms with Crippen molar-refractivity contribution in [3.05, 3.63) is 65.5 Å². The van der Waals surface area contributed by atoms with Crippen LogP contribution in [-0.2, 0) is 10.9 Å². The van der Waals surface area contributed by atoms with Crippen LogP contribution >= 0.6 is 0 Å². The molecule has 1 amide bonds. The van der Waals surface area contributed by atoms with Gasteiger partial charge in [-0.05, 0) is 45.2 Å². The van der Waals surface area contributed by atoms with Gasteiger partial charge in [-0.3, -0.25) is 9.69 Å². The highest BCUT2D eigenvalue weighted by atomic mass is 19.4. The summed E-state index contributed by atoms with van der Waals surface area (Å²) in [6.45, 7) is 7.26. The van der Waals surface area contributed by atoms with E-state index in [1.807, 2.05) is 30.7 Å². The topological polar surface area (TPSA) is 73.8 Å². The molecule has 8 nitrogen and oxygen atoms in total. The number of ether oxygens (including phenoxy) is 1. The Morgan fingerprint density at radius 3 is 2.24 bits per heavy atom. The molecule has 0 spiro atoms. The third kappa shape index (κ3) is 6.02. The fraction of sp³-hybridized carbons (Fsp3) is 0.414. The lowest BCUT2D eigenvalue weighted by molar-refractivity contribution is -0.140. The third-order valence-electron chi connectivity index (χ3n) is 7.82. The highest BCUT2D eigenvalue weighted by molar-refractivity contribution is 6.07. The summed E-state index contributed by atoms with van der Waals surface area (Å²) in [6.07, 6.45) is -2.19. The number of carbonyl (C=O) groups excluding carboxylic acids is 1. The number of morpholine rings is 1. The van der Waals surface area contributed by atoms with E-state index in [2.05, 4.69) is 20.2 Å². The molecular weight excluding hydrogens is 559 g/mol. The Balaban J connectivity index is 1.55. The Morgan fingerprint density at radius 1 is 0.976 bits per heavy atom. The summed E-state index contributed by atoms with van der Waals surface area (Å²) in [4.78, 5) is 28.0. The average molecular weight is 591 g/mol. The zero-order valence-electron chi connectivity index (χ0n) is 23.4. The summed E-state index contributed by atoms with van der Waals surface area (Å²) in [5.41, 5.74) is -1.80. The number of alkyl halides is 3. The standard InChI is InChI=1S/C29H31F5N6O2/c1-17-15-40(16-18(2)38(17)3)25-12-23(31)21(19-13-35-28(36-14-19)39-7-9-42-10-8-39)11-24(25)37-27(41)20-5-4-6-22(30)26(20)29(32,33)34/h4-6,11-14,17-18H,7-10,15-16H2,1-3H3,(H,37,41)/t17-,18+. The van der Waals surface area contributed by atoms with Crippen molar-refractivity contribution in [2.45, 2.75) is 32.1 Å². The maximum atomic E-state index is 15.7. The van der Waals surface area contributed by atoms with Gasteiger partial charge < -0.3 is 19.9 Å². The van der Waals surface area contributed by atoms with Crippen LogP contribution in [0.1, 0.15) is 29.8 Å². The van der Waals surface area contributed by atoms with Crippen molar-refractivity contribution in [3.63, 3.8) is 0 Å². The monoisotopic (exact) mass is 590 g/mol. The molecule has 3 heterocycles. The predicted octanol–water partition coefficient (Wildman–Crippen LogP) is 5.06. The molecule has 0 bridgehead atoms. The first-order chi connectivity index (χ1) is 19.9. The van der Waals surface area contributed by atoms with Crippen LogP contribution < -0.4 is 15.1 Å². The zero-order chi connectivity index (χ0) is 30.2. The number of anilines is 3. The van der Waals surface area contributed by atoms with Gasteiger partial charge in [0.15, 0.2) is 0 Å². The van der Waals surface area contributed by atoms with E-state index in [-0.39, 0.29) is 23.3 Å². The van der Waals surface area contributed by atoms with E-state index < -0.39 is 34.8 Å². The van der Waals surface area contributed by atoms with Crippen molar-refractivity contribution in [1.29, 1.82) is 0 Å². The van der Waals surface area contributed by atoms with Gasteiger partial charge >= 0.3 is 6.18 Å². The van der Waals surface area contributed by atoms with Gasteiger partial charge in [-0.25, -0.2) is 18.7 Å². The minimum absolute atomic E-state index is 0.0492. The molecule has 0 saturated carbocycles. The quantitative estimate of drug-likeness (QED) is 0.417. The first kappa shape index (κ1) is 29.6. The van der Waals surface area contributed by atoms with Gasteiger partial charge in [-0.2, -0.15) is 13.2 Å². The molecule has 42 heavy (non-hydrogen) atoms. The smallest absolute Gasteiger partial charge is 0.378 e. The first-order valence-corrected chi connectivity index (χ1v) is 13.6. The molecule has 2 aliphatic rings. The SMILES string of the molecule is C[C@@H]1CN(c2cc(F)c(-c3cnc(N4CCOCC4)nc3)cc2NC(=O)c2cccc(F)c2C(F)(F)F)C[C@H](C)N1C. The number of halogens is 5. The number of benzene rings is 2. The summed E-state index contributed by atoms with van der Waals surface area (Å²) >= 11 is 0. The van der Waals surface area contributed by atoms with E-state index >= 15 is 4.39 Å². The van der Waals surface area contributed by atoms with E-state index in [1.165, 1.54) is 24.5 Å². The number of likely N-dealkylation sites (N-methyl/N-ethyl adjacent to an activating group) is 1. The number of amides is 1. The molecule has 2 fully saturated rings. The Bertz CT molecular complexity index is 1430. The number of piperazine rings is 1. The van der Waals surface area contributed by atoms with Crippen LogP contribution in [0, 0.1) is 11.6 Å². The minimum atomic E-state index is -5.10. The van der Waals surface area contributed by atoms with Gasteiger partial charge in [-0.15, -0.1) is 0 Å². The molecule has 1 N–H and O–H groups in total. The number of aromatic nitrogens is 2. The lowest BCUT2D eigenvalue weighted by Gasteiger charge is -2.44. The highest BCUT2D eigenvalue weighted by Gasteiger charge is 2.39. The maximum Gasteiger partial charge on any atom is 0.420 e. The molecule has 2 aliphatic heterocycles. The molecule has 224 valence electrons. The fourth-order valence-corrected chi connectivity index (χ4v) is 5.32. The molecule has 0 aliphatic carbocycles. The van der Waals surface area contributed by atoms with Gasteiger partial charge in [-0.1, -0.05) is 6.07 Å². The molecule has 5 rings (SSSR count). The Morgan fingerprint density at radius 2 is 1.62 bits per heavy atom. The molecule has 0 radical (unpaired) electrons. The van der Waals surface area contributed by atoms with Crippen molar-refractivity contribution in [3.8, 4) is 11.1 Å². The van der Waals surface area contributed by atoms with Crippen molar-refractivity contribution in [2.75, 3.05) is 61.6 Å². The van der Waals surface area contributed by atoms with Crippen LogP contribution in [0.2, 0.25) is 0 Å². The van der Waals surface area contributed by atoms with Crippen LogP contribution in [0.25, 0.3) is 11.1 Å². The van der Waals surface area contributed by atoms with E-state index in [1.54, 1.807) is 0 Å². The zero-order valence-corrected chi connectivity index (χ0v) is 23.4. The molecule has 2 aromatic carbocycles. The Hall–Kier alpha value is -3.84. The molecule has 0 unspecified atom stereocenters. The molecule has 3 aromatic rings. The largest absolute Gasteiger partial charge is 0.420 e. The summed E-state index contributed by atoms with van der Waals surface area (Å²) in [5.74, 6) is -2.89. The van der Waals surface area contributed by atoms with Crippen LogP contribution in [0.4, 0.5) is 39.3 Å². The molecule has 2 saturated heterocycles. The Labute approximate surface area is 240 Å². The van der Waals surface area contributed by atoms with Gasteiger partial charge in [0.05, 0.1) is 30.2 Å². The Kier molecular flexibility index (Phi) is 8.33. The van der Waals surface area contributed by atoms with Crippen molar-refractivity contribution in [1.82, 2.24) is 14.9 Å². The van der Waals surface area contributed by atoms with E-state index in [9.17, 15) is 22.4 Å². The number of nitrogens with one attached hydrogen (secondary N) is 1. The molecule has 1 aromatic heterocycles. The van der Waals surface area contributed by atoms with E-state index in [4.69, 9.17) is 4.74 Å². The van der Waals surface area contributed by atoms with Crippen molar-refractivity contribution >= 4 is 23.2 Å². The number of rotatable bonds is 5.